The van der Waals surface area contributed by atoms with Crippen LogP contribution in [0, 0.1) is 0 Å². The monoisotopic (exact) mass is 227 g/mol. The number of hydrogen-bond donors (Lipinski definition) is 1. The lowest BCUT2D eigenvalue weighted by molar-refractivity contribution is 0.858. The molecule has 1 aromatic rings. The third kappa shape index (κ3) is 2.91. The zero-order valence-electron chi connectivity index (χ0n) is 8.00. The van der Waals surface area contributed by atoms with Crippen LogP contribution in [0.2, 0.25) is 5.02 Å². The van der Waals surface area contributed by atoms with E-state index in [0.717, 1.165) is 22.6 Å². The summed E-state index contributed by atoms with van der Waals surface area (Å²) < 4.78 is 0. The lowest BCUT2D eigenvalue weighted by atomic mass is 10.2. The van der Waals surface area contributed by atoms with E-state index in [2.05, 4.69) is 17.4 Å². The summed E-state index contributed by atoms with van der Waals surface area (Å²) in [7, 11) is 0. The molecule has 0 spiro atoms. The average molecular weight is 228 g/mol. The van der Waals surface area contributed by atoms with E-state index in [-0.39, 0.29) is 0 Å². The van der Waals surface area contributed by atoms with Gasteiger partial charge in [0.05, 0.1) is 0 Å². The molecule has 0 amide bonds. The van der Waals surface area contributed by atoms with Gasteiger partial charge in [0, 0.05) is 22.6 Å². The number of rotatable bonds is 3. The molecule has 14 heavy (non-hydrogen) atoms. The summed E-state index contributed by atoms with van der Waals surface area (Å²) in [5.74, 6) is 1.10. The fourth-order valence-corrected chi connectivity index (χ4v) is 2.83. The number of benzene rings is 1. The molecule has 3 heteroatoms. The molecule has 1 saturated heterocycles. The Kier molecular flexibility index (Phi) is 3.74. The molecule has 0 radical (unpaired) electrons. The first-order valence-electron chi connectivity index (χ1n) is 4.91. The van der Waals surface area contributed by atoms with Crippen LogP contribution in [0.1, 0.15) is 12.0 Å². The molecule has 1 N–H and O–H groups in total. The van der Waals surface area contributed by atoms with Crippen LogP contribution < -0.4 is 5.32 Å². The SMILES string of the molecule is Clc1ccc(CSC2CCNC2)cc1. The largest absolute Gasteiger partial charge is 0.316 e. The summed E-state index contributed by atoms with van der Waals surface area (Å²) in [5, 5.41) is 4.99. The minimum Gasteiger partial charge on any atom is -0.316 e. The van der Waals surface area contributed by atoms with Crippen LogP contribution >= 0.6 is 23.4 Å². The topological polar surface area (TPSA) is 12.0 Å². The van der Waals surface area contributed by atoms with Gasteiger partial charge in [-0.15, -0.1) is 0 Å². The number of nitrogens with one attached hydrogen (secondary N) is 1. The molecule has 76 valence electrons. The van der Waals surface area contributed by atoms with Crippen molar-refractivity contribution in [2.45, 2.75) is 17.4 Å². The maximum absolute atomic E-state index is 5.82. The van der Waals surface area contributed by atoms with Crippen LogP contribution in [0.25, 0.3) is 0 Å². The quantitative estimate of drug-likeness (QED) is 0.852. The Labute approximate surface area is 94.2 Å². The van der Waals surface area contributed by atoms with Gasteiger partial charge in [0.2, 0.25) is 0 Å². The molecular formula is C11H14ClNS. The van der Waals surface area contributed by atoms with Crippen molar-refractivity contribution in [3.8, 4) is 0 Å². The summed E-state index contributed by atoms with van der Waals surface area (Å²) in [6.45, 7) is 2.34. The standard InChI is InChI=1S/C11H14ClNS/c12-10-3-1-9(2-4-10)8-14-11-5-6-13-7-11/h1-4,11,13H,5-8H2. The Balaban J connectivity index is 1.82. The normalized spacial score (nSPS) is 21.4. The first-order valence-corrected chi connectivity index (χ1v) is 6.34. The highest BCUT2D eigenvalue weighted by Gasteiger charge is 2.14. The summed E-state index contributed by atoms with van der Waals surface area (Å²) in [6, 6.07) is 8.14. The number of halogens is 1. The second kappa shape index (κ2) is 5.06. The molecule has 2 rings (SSSR count). The van der Waals surface area contributed by atoms with Crippen LogP contribution in [0.4, 0.5) is 0 Å². The lowest BCUT2D eigenvalue weighted by Gasteiger charge is -2.07. The van der Waals surface area contributed by atoms with E-state index in [4.69, 9.17) is 11.6 Å². The van der Waals surface area contributed by atoms with Crippen molar-refractivity contribution in [3.05, 3.63) is 34.9 Å². The third-order valence-corrected chi connectivity index (χ3v) is 4.04. The molecular weight excluding hydrogens is 214 g/mol. The van der Waals surface area contributed by atoms with Gasteiger partial charge in [-0.05, 0) is 30.7 Å². The van der Waals surface area contributed by atoms with E-state index < -0.39 is 0 Å². The molecule has 1 aromatic carbocycles. The Morgan fingerprint density at radius 1 is 1.36 bits per heavy atom. The summed E-state index contributed by atoms with van der Waals surface area (Å²) in [4.78, 5) is 0. The maximum atomic E-state index is 5.82. The van der Waals surface area contributed by atoms with Crippen LogP contribution in [-0.4, -0.2) is 18.3 Å². The van der Waals surface area contributed by atoms with Gasteiger partial charge in [-0.25, -0.2) is 0 Å². The van der Waals surface area contributed by atoms with E-state index in [1.807, 2.05) is 23.9 Å². The van der Waals surface area contributed by atoms with Gasteiger partial charge in [0.1, 0.15) is 0 Å². The van der Waals surface area contributed by atoms with Crippen molar-refractivity contribution in [1.29, 1.82) is 0 Å². The van der Waals surface area contributed by atoms with Crippen molar-refractivity contribution in [2.75, 3.05) is 13.1 Å². The summed E-state index contributed by atoms with van der Waals surface area (Å²) >= 11 is 7.86. The molecule has 0 aliphatic carbocycles. The van der Waals surface area contributed by atoms with Crippen molar-refractivity contribution < 1.29 is 0 Å². The summed E-state index contributed by atoms with van der Waals surface area (Å²) in [5.41, 5.74) is 1.37. The van der Waals surface area contributed by atoms with Gasteiger partial charge in [0.25, 0.3) is 0 Å². The first-order chi connectivity index (χ1) is 6.84. The molecule has 0 aromatic heterocycles. The van der Waals surface area contributed by atoms with Crippen LogP contribution in [0.15, 0.2) is 24.3 Å². The fraction of sp³-hybridized carbons (Fsp3) is 0.455. The number of thioether (sulfide) groups is 1. The van der Waals surface area contributed by atoms with Gasteiger partial charge >= 0.3 is 0 Å². The Morgan fingerprint density at radius 2 is 2.14 bits per heavy atom. The van der Waals surface area contributed by atoms with Gasteiger partial charge in [0.15, 0.2) is 0 Å². The van der Waals surface area contributed by atoms with Crippen molar-refractivity contribution in [3.63, 3.8) is 0 Å². The van der Waals surface area contributed by atoms with E-state index in [1.165, 1.54) is 18.5 Å². The van der Waals surface area contributed by atoms with Gasteiger partial charge in [-0.1, -0.05) is 23.7 Å². The second-order valence-corrected chi connectivity index (χ2v) is 5.28. The van der Waals surface area contributed by atoms with Crippen molar-refractivity contribution in [2.24, 2.45) is 0 Å². The molecule has 1 nitrogen and oxygen atoms in total. The van der Waals surface area contributed by atoms with Crippen LogP contribution in [-0.2, 0) is 5.75 Å². The minimum absolute atomic E-state index is 0.797. The molecule has 0 saturated carbocycles. The molecule has 0 bridgehead atoms. The molecule has 1 aliphatic heterocycles. The van der Waals surface area contributed by atoms with E-state index >= 15 is 0 Å². The van der Waals surface area contributed by atoms with Gasteiger partial charge < -0.3 is 5.32 Å². The van der Waals surface area contributed by atoms with E-state index in [0.29, 0.717) is 0 Å². The average Bonchev–Trinajstić information content (AvgIpc) is 2.70. The fourth-order valence-electron chi connectivity index (χ4n) is 1.57. The Bertz CT molecular complexity index is 280. The predicted octanol–water partition coefficient (Wildman–Crippen LogP) is 2.94. The van der Waals surface area contributed by atoms with Crippen LogP contribution in [0.3, 0.4) is 0 Å². The Morgan fingerprint density at radius 3 is 2.79 bits per heavy atom. The lowest BCUT2D eigenvalue weighted by Crippen LogP contribution is -2.10. The van der Waals surface area contributed by atoms with Crippen molar-refractivity contribution >= 4 is 23.4 Å². The van der Waals surface area contributed by atoms with Crippen molar-refractivity contribution in [1.82, 2.24) is 5.32 Å². The molecule has 1 fully saturated rings. The van der Waals surface area contributed by atoms with Gasteiger partial charge in [-0.3, -0.25) is 0 Å². The highest BCUT2D eigenvalue weighted by atomic mass is 35.5. The van der Waals surface area contributed by atoms with Crippen LogP contribution in [0.5, 0.6) is 0 Å². The summed E-state index contributed by atoms with van der Waals surface area (Å²) in [6.07, 6.45) is 1.30. The maximum Gasteiger partial charge on any atom is 0.0406 e. The zero-order chi connectivity index (χ0) is 9.80. The smallest absolute Gasteiger partial charge is 0.0406 e. The first kappa shape index (κ1) is 10.3. The highest BCUT2D eigenvalue weighted by molar-refractivity contribution is 7.99. The van der Waals surface area contributed by atoms with E-state index in [1.54, 1.807) is 0 Å². The van der Waals surface area contributed by atoms with Gasteiger partial charge in [-0.2, -0.15) is 11.8 Å². The predicted molar refractivity (Wildman–Crippen MR) is 64.0 cm³/mol. The minimum atomic E-state index is 0.797. The highest BCUT2D eigenvalue weighted by Crippen LogP contribution is 2.22. The molecule has 1 unspecified atom stereocenters. The van der Waals surface area contributed by atoms with E-state index in [9.17, 15) is 0 Å². The zero-order valence-corrected chi connectivity index (χ0v) is 9.57. The second-order valence-electron chi connectivity index (χ2n) is 3.55. The molecule has 1 aliphatic rings. The number of hydrogen-bond acceptors (Lipinski definition) is 2. The molecule has 1 heterocycles. The molecule has 1 atom stereocenters. The third-order valence-electron chi connectivity index (χ3n) is 2.41. The Hall–Kier alpha value is -0.180.